The number of benzene rings is 1. The van der Waals surface area contributed by atoms with Gasteiger partial charge in [-0.25, -0.2) is 4.98 Å². The summed E-state index contributed by atoms with van der Waals surface area (Å²) < 4.78 is 0. The number of carbonyl (C=O) groups excluding carboxylic acids is 2. The van der Waals surface area contributed by atoms with Crippen molar-refractivity contribution in [3.05, 3.63) is 53.2 Å². The van der Waals surface area contributed by atoms with Crippen LogP contribution < -0.4 is 10.6 Å². The number of amides is 2. The van der Waals surface area contributed by atoms with E-state index in [1.165, 1.54) is 0 Å². The van der Waals surface area contributed by atoms with E-state index in [0.29, 0.717) is 23.6 Å². The molecule has 2 N–H and O–H groups in total. The molecule has 5 nitrogen and oxygen atoms in total. The number of carbonyl (C=O) groups is 2. The van der Waals surface area contributed by atoms with Crippen LogP contribution in [-0.2, 0) is 4.79 Å². The Bertz CT molecular complexity index is 756. The molecule has 0 spiro atoms. The van der Waals surface area contributed by atoms with Crippen molar-refractivity contribution in [2.75, 3.05) is 7.05 Å². The highest BCUT2D eigenvalue weighted by molar-refractivity contribution is 6.30. The SMILES string of the molecule is CCC(CC)(NC(=O)c1cccc(-c2ccc(Cl)cc2)n1)C(=O)NC. The number of halogens is 1. The lowest BCUT2D eigenvalue weighted by atomic mass is 9.91. The molecular formula is C19H22ClN3O2. The summed E-state index contributed by atoms with van der Waals surface area (Å²) in [4.78, 5) is 29.3. The highest BCUT2D eigenvalue weighted by atomic mass is 35.5. The molecule has 0 saturated heterocycles. The molecule has 2 rings (SSSR count). The lowest BCUT2D eigenvalue weighted by Gasteiger charge is -2.30. The zero-order valence-electron chi connectivity index (χ0n) is 14.6. The zero-order valence-corrected chi connectivity index (χ0v) is 15.4. The quantitative estimate of drug-likeness (QED) is 0.830. The molecule has 0 saturated carbocycles. The molecule has 0 aliphatic rings. The summed E-state index contributed by atoms with van der Waals surface area (Å²) in [5.74, 6) is -0.581. The van der Waals surface area contributed by atoms with Crippen molar-refractivity contribution >= 4 is 23.4 Å². The van der Waals surface area contributed by atoms with Gasteiger partial charge >= 0.3 is 0 Å². The number of pyridine rings is 1. The third kappa shape index (κ3) is 4.17. The predicted molar refractivity (Wildman–Crippen MR) is 99.5 cm³/mol. The lowest BCUT2D eigenvalue weighted by Crippen LogP contribution is -2.57. The van der Waals surface area contributed by atoms with Gasteiger partial charge in [-0.15, -0.1) is 0 Å². The second kappa shape index (κ2) is 8.12. The highest BCUT2D eigenvalue weighted by Crippen LogP contribution is 2.21. The maximum absolute atomic E-state index is 12.7. The predicted octanol–water partition coefficient (Wildman–Crippen LogP) is 3.44. The summed E-state index contributed by atoms with van der Waals surface area (Å²) >= 11 is 5.91. The van der Waals surface area contributed by atoms with Crippen molar-refractivity contribution in [3.63, 3.8) is 0 Å². The van der Waals surface area contributed by atoms with Crippen LogP contribution in [0, 0.1) is 0 Å². The Balaban J connectivity index is 2.29. The van der Waals surface area contributed by atoms with Crippen LogP contribution in [0.4, 0.5) is 0 Å². The molecule has 0 aliphatic heterocycles. The number of likely N-dealkylation sites (N-methyl/N-ethyl adjacent to an activating group) is 1. The van der Waals surface area contributed by atoms with Crippen LogP contribution in [0.2, 0.25) is 5.02 Å². The molecule has 2 aromatic rings. The minimum absolute atomic E-state index is 0.209. The molecule has 6 heteroatoms. The van der Waals surface area contributed by atoms with Crippen LogP contribution in [0.1, 0.15) is 37.2 Å². The molecule has 1 aromatic heterocycles. The minimum atomic E-state index is -0.941. The van der Waals surface area contributed by atoms with Crippen LogP contribution in [-0.4, -0.2) is 29.4 Å². The van der Waals surface area contributed by atoms with Gasteiger partial charge in [0.25, 0.3) is 5.91 Å². The van der Waals surface area contributed by atoms with Gasteiger partial charge in [0, 0.05) is 17.6 Å². The van der Waals surface area contributed by atoms with Gasteiger partial charge in [0.15, 0.2) is 0 Å². The molecule has 1 aromatic carbocycles. The Morgan fingerprint density at radius 2 is 1.72 bits per heavy atom. The standard InChI is InChI=1S/C19H22ClN3O2/c1-4-19(5-2,18(25)21-3)23-17(24)16-8-6-7-15(22-16)13-9-11-14(20)12-10-13/h6-12H,4-5H2,1-3H3,(H,21,25)(H,23,24). The van der Waals surface area contributed by atoms with Gasteiger partial charge in [0.1, 0.15) is 11.2 Å². The largest absolute Gasteiger partial charge is 0.357 e. The Hall–Kier alpha value is -2.40. The molecule has 2 amide bonds. The molecule has 0 aliphatic carbocycles. The third-order valence-electron chi connectivity index (χ3n) is 4.34. The summed E-state index contributed by atoms with van der Waals surface area (Å²) in [6.45, 7) is 3.74. The van der Waals surface area contributed by atoms with Gasteiger partial charge in [-0.05, 0) is 37.1 Å². The highest BCUT2D eigenvalue weighted by Gasteiger charge is 2.36. The summed E-state index contributed by atoms with van der Waals surface area (Å²) in [5.41, 5.74) is 0.858. The monoisotopic (exact) mass is 359 g/mol. The average Bonchev–Trinajstić information content (AvgIpc) is 2.66. The normalized spacial score (nSPS) is 11.0. The van der Waals surface area contributed by atoms with Gasteiger partial charge in [-0.3, -0.25) is 9.59 Å². The van der Waals surface area contributed by atoms with Crippen molar-refractivity contribution < 1.29 is 9.59 Å². The molecule has 0 fully saturated rings. The molecule has 0 atom stereocenters. The van der Waals surface area contributed by atoms with Crippen molar-refractivity contribution in [2.45, 2.75) is 32.2 Å². The number of aromatic nitrogens is 1. The Labute approximate surface area is 152 Å². The number of rotatable bonds is 6. The van der Waals surface area contributed by atoms with E-state index in [-0.39, 0.29) is 17.5 Å². The van der Waals surface area contributed by atoms with E-state index in [4.69, 9.17) is 11.6 Å². The van der Waals surface area contributed by atoms with Gasteiger partial charge in [-0.2, -0.15) is 0 Å². The first-order chi connectivity index (χ1) is 12.0. The van der Waals surface area contributed by atoms with Crippen LogP contribution in [0.3, 0.4) is 0 Å². The maximum atomic E-state index is 12.7. The van der Waals surface area contributed by atoms with E-state index >= 15 is 0 Å². The summed E-state index contributed by atoms with van der Waals surface area (Å²) in [7, 11) is 1.56. The molecule has 0 radical (unpaired) electrons. The van der Waals surface area contributed by atoms with Crippen LogP contribution in [0.15, 0.2) is 42.5 Å². The molecule has 0 unspecified atom stereocenters. The zero-order chi connectivity index (χ0) is 18.4. The second-order valence-electron chi connectivity index (χ2n) is 5.74. The maximum Gasteiger partial charge on any atom is 0.270 e. The van der Waals surface area contributed by atoms with Gasteiger partial charge in [-0.1, -0.05) is 43.6 Å². The Kier molecular flexibility index (Phi) is 6.15. The van der Waals surface area contributed by atoms with E-state index in [1.54, 1.807) is 31.3 Å². The van der Waals surface area contributed by atoms with E-state index in [2.05, 4.69) is 15.6 Å². The summed E-state index contributed by atoms with van der Waals surface area (Å²) in [5, 5.41) is 6.11. The molecule has 25 heavy (non-hydrogen) atoms. The van der Waals surface area contributed by atoms with Crippen LogP contribution in [0.25, 0.3) is 11.3 Å². The number of hydrogen-bond donors (Lipinski definition) is 2. The fourth-order valence-electron chi connectivity index (χ4n) is 2.67. The Morgan fingerprint density at radius 3 is 2.28 bits per heavy atom. The first-order valence-corrected chi connectivity index (χ1v) is 8.61. The smallest absolute Gasteiger partial charge is 0.270 e. The fourth-order valence-corrected chi connectivity index (χ4v) is 2.79. The van der Waals surface area contributed by atoms with Crippen molar-refractivity contribution in [1.82, 2.24) is 15.6 Å². The Morgan fingerprint density at radius 1 is 1.08 bits per heavy atom. The first-order valence-electron chi connectivity index (χ1n) is 8.23. The molecule has 1 heterocycles. The third-order valence-corrected chi connectivity index (χ3v) is 4.60. The second-order valence-corrected chi connectivity index (χ2v) is 6.17. The van der Waals surface area contributed by atoms with E-state index in [1.807, 2.05) is 32.0 Å². The first kappa shape index (κ1) is 18.9. The molecular weight excluding hydrogens is 338 g/mol. The minimum Gasteiger partial charge on any atom is -0.357 e. The summed E-state index contributed by atoms with van der Waals surface area (Å²) in [6.07, 6.45) is 0.984. The van der Waals surface area contributed by atoms with E-state index in [0.717, 1.165) is 5.56 Å². The fraction of sp³-hybridized carbons (Fsp3) is 0.316. The van der Waals surface area contributed by atoms with E-state index < -0.39 is 5.54 Å². The molecule has 0 bridgehead atoms. The lowest BCUT2D eigenvalue weighted by molar-refractivity contribution is -0.127. The van der Waals surface area contributed by atoms with Crippen molar-refractivity contribution in [1.29, 1.82) is 0 Å². The van der Waals surface area contributed by atoms with Crippen molar-refractivity contribution in [3.8, 4) is 11.3 Å². The van der Waals surface area contributed by atoms with Crippen molar-refractivity contribution in [2.24, 2.45) is 0 Å². The number of hydrogen-bond acceptors (Lipinski definition) is 3. The van der Waals surface area contributed by atoms with Gasteiger partial charge in [0.05, 0.1) is 5.69 Å². The van der Waals surface area contributed by atoms with Crippen LogP contribution >= 0.6 is 11.6 Å². The van der Waals surface area contributed by atoms with Gasteiger partial charge in [0.2, 0.25) is 5.91 Å². The van der Waals surface area contributed by atoms with E-state index in [9.17, 15) is 9.59 Å². The number of nitrogens with zero attached hydrogens (tertiary/aromatic N) is 1. The summed E-state index contributed by atoms with van der Waals surface area (Å²) in [6, 6.07) is 12.5. The molecule has 132 valence electrons. The average molecular weight is 360 g/mol. The van der Waals surface area contributed by atoms with Gasteiger partial charge < -0.3 is 10.6 Å². The topological polar surface area (TPSA) is 71.1 Å². The number of nitrogens with one attached hydrogen (secondary N) is 2. The van der Waals surface area contributed by atoms with Crippen LogP contribution in [0.5, 0.6) is 0 Å².